The molecule has 0 atom stereocenters. The second-order valence-electron chi connectivity index (χ2n) is 3.38. The summed E-state index contributed by atoms with van der Waals surface area (Å²) < 4.78 is 6.31. The molecule has 0 aliphatic heterocycles. The van der Waals surface area contributed by atoms with E-state index in [1.165, 1.54) is 0 Å². The fourth-order valence-electron chi connectivity index (χ4n) is 1.35. The maximum atomic E-state index is 11.6. The van der Waals surface area contributed by atoms with E-state index in [0.717, 1.165) is 9.86 Å². The topological polar surface area (TPSA) is 30.2 Å². The molecule has 0 bridgehead atoms. The fourth-order valence-corrected chi connectivity index (χ4v) is 1.81. The monoisotopic (exact) mass is 264 g/mol. The van der Waals surface area contributed by atoms with Crippen LogP contribution in [0.4, 0.5) is 0 Å². The third-order valence-corrected chi connectivity index (χ3v) is 2.73. The highest BCUT2D eigenvalue weighted by atomic mass is 79.9. The van der Waals surface area contributed by atoms with Gasteiger partial charge in [0.05, 0.1) is 4.47 Å². The van der Waals surface area contributed by atoms with E-state index in [-0.39, 0.29) is 5.78 Å². The molecule has 0 amide bonds. The lowest BCUT2D eigenvalue weighted by Gasteiger charge is -1.92. The Hall–Kier alpha value is -1.35. The summed E-state index contributed by atoms with van der Waals surface area (Å²) in [5.74, 6) is 0.183. The Kier molecular flexibility index (Phi) is 2.49. The molecular formula is C12H9BrO2. The van der Waals surface area contributed by atoms with Crippen LogP contribution >= 0.6 is 15.9 Å². The highest BCUT2D eigenvalue weighted by molar-refractivity contribution is 9.10. The van der Waals surface area contributed by atoms with Gasteiger partial charge in [0, 0.05) is 5.39 Å². The lowest BCUT2D eigenvalue weighted by atomic mass is 10.1. The Bertz CT molecular complexity index is 552. The molecule has 2 rings (SSSR count). The maximum Gasteiger partial charge on any atom is 0.223 e. The Balaban J connectivity index is 2.62. The number of hydrogen-bond acceptors (Lipinski definition) is 2. The molecule has 0 aliphatic rings. The van der Waals surface area contributed by atoms with Gasteiger partial charge in [-0.15, -0.1) is 0 Å². The normalized spacial score (nSPS) is 10.5. The molecule has 1 aromatic carbocycles. The molecule has 0 spiro atoms. The van der Waals surface area contributed by atoms with Gasteiger partial charge in [-0.1, -0.05) is 18.7 Å². The molecule has 0 N–H and O–H groups in total. The second-order valence-corrected chi connectivity index (χ2v) is 4.23. The van der Waals surface area contributed by atoms with Crippen molar-refractivity contribution in [2.45, 2.75) is 6.92 Å². The number of halogens is 1. The second kappa shape index (κ2) is 3.66. The lowest BCUT2D eigenvalue weighted by Crippen LogP contribution is -1.96. The summed E-state index contributed by atoms with van der Waals surface area (Å²) in [6.45, 7) is 5.27. The van der Waals surface area contributed by atoms with Crippen molar-refractivity contribution < 1.29 is 9.21 Å². The van der Waals surface area contributed by atoms with Gasteiger partial charge in [0.25, 0.3) is 0 Å². The van der Waals surface area contributed by atoms with Crippen LogP contribution in [0.5, 0.6) is 0 Å². The zero-order valence-corrected chi connectivity index (χ0v) is 9.80. The highest BCUT2D eigenvalue weighted by Gasteiger charge is 2.13. The van der Waals surface area contributed by atoms with Crippen LogP contribution in [0.25, 0.3) is 11.0 Å². The minimum atomic E-state index is -0.155. The van der Waals surface area contributed by atoms with Gasteiger partial charge in [0.15, 0.2) is 5.76 Å². The van der Waals surface area contributed by atoms with Gasteiger partial charge in [0.2, 0.25) is 5.78 Å². The summed E-state index contributed by atoms with van der Waals surface area (Å²) in [6, 6.07) is 7.41. The molecule has 1 aromatic heterocycles. The molecule has 0 unspecified atom stereocenters. The number of furan rings is 1. The Morgan fingerprint density at radius 3 is 2.80 bits per heavy atom. The van der Waals surface area contributed by atoms with Gasteiger partial charge in [-0.05, 0) is 40.6 Å². The fraction of sp³-hybridized carbons (Fsp3) is 0.0833. The van der Waals surface area contributed by atoms with Crippen molar-refractivity contribution >= 4 is 32.7 Å². The van der Waals surface area contributed by atoms with Crippen LogP contribution in [-0.2, 0) is 0 Å². The number of rotatable bonds is 2. The van der Waals surface area contributed by atoms with Crippen LogP contribution in [-0.4, -0.2) is 5.78 Å². The first-order chi connectivity index (χ1) is 7.09. The molecular weight excluding hydrogens is 256 g/mol. The van der Waals surface area contributed by atoms with E-state index in [9.17, 15) is 4.79 Å². The van der Waals surface area contributed by atoms with Crippen molar-refractivity contribution in [1.82, 2.24) is 0 Å². The minimum absolute atomic E-state index is 0.155. The highest BCUT2D eigenvalue weighted by Crippen LogP contribution is 2.27. The van der Waals surface area contributed by atoms with Gasteiger partial charge >= 0.3 is 0 Å². The number of Topliss-reactive ketones (excluding diaryl/α,β-unsaturated/α-hetero) is 1. The largest absolute Gasteiger partial charge is 0.451 e. The number of carbonyl (C=O) groups excluding carboxylic acids is 1. The minimum Gasteiger partial charge on any atom is -0.451 e. The molecule has 76 valence electrons. The number of para-hydroxylation sites is 1. The molecule has 0 radical (unpaired) electrons. The molecule has 2 aromatic rings. The predicted molar refractivity (Wildman–Crippen MR) is 63.1 cm³/mol. The smallest absolute Gasteiger partial charge is 0.223 e. The van der Waals surface area contributed by atoms with Crippen molar-refractivity contribution in [1.29, 1.82) is 0 Å². The van der Waals surface area contributed by atoms with Gasteiger partial charge in [-0.25, -0.2) is 0 Å². The van der Waals surface area contributed by atoms with Crippen molar-refractivity contribution in [3.63, 3.8) is 0 Å². The summed E-state index contributed by atoms with van der Waals surface area (Å²) in [7, 11) is 0. The maximum absolute atomic E-state index is 11.6. The quantitative estimate of drug-likeness (QED) is 0.607. The van der Waals surface area contributed by atoms with E-state index in [2.05, 4.69) is 22.5 Å². The van der Waals surface area contributed by atoms with Crippen molar-refractivity contribution in [2.24, 2.45) is 0 Å². The van der Waals surface area contributed by atoms with Gasteiger partial charge < -0.3 is 4.42 Å². The predicted octanol–water partition coefficient (Wildman–Crippen LogP) is 3.95. The molecule has 1 heterocycles. The zero-order valence-electron chi connectivity index (χ0n) is 8.21. The van der Waals surface area contributed by atoms with E-state index in [1.807, 2.05) is 18.2 Å². The van der Waals surface area contributed by atoms with Crippen LogP contribution in [0.2, 0.25) is 0 Å². The molecule has 0 fully saturated rings. The first-order valence-electron chi connectivity index (χ1n) is 4.48. The molecule has 15 heavy (non-hydrogen) atoms. The molecule has 0 saturated carbocycles. The number of allylic oxidation sites excluding steroid dienone is 1. The summed E-state index contributed by atoms with van der Waals surface area (Å²) in [5, 5.41) is 0.911. The van der Waals surface area contributed by atoms with Crippen LogP contribution in [0.3, 0.4) is 0 Å². The molecule has 0 aliphatic carbocycles. The van der Waals surface area contributed by atoms with E-state index in [1.54, 1.807) is 13.0 Å². The van der Waals surface area contributed by atoms with E-state index < -0.39 is 0 Å². The van der Waals surface area contributed by atoms with E-state index >= 15 is 0 Å². The Labute approximate surface area is 95.7 Å². The van der Waals surface area contributed by atoms with Crippen molar-refractivity contribution in [3.8, 4) is 0 Å². The third-order valence-electron chi connectivity index (χ3n) is 2.11. The molecule has 3 heteroatoms. The number of hydrogen-bond donors (Lipinski definition) is 0. The van der Waals surface area contributed by atoms with Crippen LogP contribution < -0.4 is 0 Å². The number of fused-ring (bicyclic) bond motifs is 1. The standard InChI is InChI=1S/C12H9BrO2/c1-7(2)11(14)10-6-8-4-3-5-9(13)12(8)15-10/h3-6H,1H2,2H3. The summed E-state index contributed by atoms with van der Waals surface area (Å²) in [5.41, 5.74) is 1.17. The van der Waals surface area contributed by atoms with Crippen LogP contribution in [0.15, 0.2) is 45.3 Å². The van der Waals surface area contributed by atoms with Gasteiger partial charge in [0.1, 0.15) is 5.58 Å². The molecule has 0 saturated heterocycles. The van der Waals surface area contributed by atoms with Gasteiger partial charge in [-0.2, -0.15) is 0 Å². The van der Waals surface area contributed by atoms with Crippen molar-refractivity contribution in [2.75, 3.05) is 0 Å². The van der Waals surface area contributed by atoms with Gasteiger partial charge in [-0.3, -0.25) is 4.79 Å². The Morgan fingerprint density at radius 1 is 1.47 bits per heavy atom. The summed E-state index contributed by atoms with van der Waals surface area (Å²) >= 11 is 3.37. The average molecular weight is 265 g/mol. The number of benzene rings is 1. The molecule has 2 nitrogen and oxygen atoms in total. The first kappa shape index (κ1) is 10.2. The third kappa shape index (κ3) is 1.75. The van der Waals surface area contributed by atoms with Crippen LogP contribution in [0, 0.1) is 0 Å². The summed E-state index contributed by atoms with van der Waals surface area (Å²) in [6.07, 6.45) is 0. The summed E-state index contributed by atoms with van der Waals surface area (Å²) in [4.78, 5) is 11.6. The van der Waals surface area contributed by atoms with E-state index in [0.29, 0.717) is 16.9 Å². The van der Waals surface area contributed by atoms with E-state index in [4.69, 9.17) is 4.42 Å². The lowest BCUT2D eigenvalue weighted by molar-refractivity contribution is 0.101. The Morgan fingerprint density at radius 2 is 2.20 bits per heavy atom. The van der Waals surface area contributed by atoms with Crippen molar-refractivity contribution in [3.05, 3.63) is 46.7 Å². The van der Waals surface area contributed by atoms with Crippen LogP contribution in [0.1, 0.15) is 17.5 Å². The zero-order chi connectivity index (χ0) is 11.0. The average Bonchev–Trinajstić information content (AvgIpc) is 2.61. The SMILES string of the molecule is C=C(C)C(=O)c1cc2cccc(Br)c2o1. The number of carbonyl (C=O) groups is 1. The first-order valence-corrected chi connectivity index (χ1v) is 5.27. The number of ketones is 1.